The normalized spacial score (nSPS) is 10.2. The first kappa shape index (κ1) is 17.0. The standard InChI is InChI=1S/C14H15ClN4O3S/c1-19(2)14(21)17-13-10(11(16)20)12(18-23-13)22-7-8-4-3-5-9(15)6-8/h3-6H,7H2,1-2H3,(H2,16,20)(H,17,21). The number of aromatic nitrogens is 1. The van der Waals surface area contributed by atoms with E-state index < -0.39 is 11.9 Å². The molecule has 3 amide bonds. The second-order valence-corrected chi connectivity index (χ2v) is 6.01. The average molecular weight is 355 g/mol. The van der Waals surface area contributed by atoms with E-state index in [-0.39, 0.29) is 23.1 Å². The molecular formula is C14H15ClN4O3S. The first-order valence-electron chi connectivity index (χ1n) is 6.53. The Bertz CT molecular complexity index is 733. The van der Waals surface area contributed by atoms with E-state index in [1.165, 1.54) is 4.90 Å². The fourth-order valence-electron chi connectivity index (χ4n) is 1.66. The first-order chi connectivity index (χ1) is 10.9. The number of anilines is 1. The lowest BCUT2D eigenvalue weighted by Gasteiger charge is -2.11. The molecule has 0 spiro atoms. The van der Waals surface area contributed by atoms with Crippen LogP contribution in [0.25, 0.3) is 0 Å². The van der Waals surface area contributed by atoms with Crippen LogP contribution in [-0.2, 0) is 6.61 Å². The van der Waals surface area contributed by atoms with Crippen LogP contribution in [0.5, 0.6) is 5.88 Å². The molecule has 0 fully saturated rings. The molecule has 1 aromatic carbocycles. The molecule has 0 unspecified atom stereocenters. The van der Waals surface area contributed by atoms with Crippen LogP contribution in [0.2, 0.25) is 5.02 Å². The largest absolute Gasteiger partial charge is 0.472 e. The highest BCUT2D eigenvalue weighted by atomic mass is 35.5. The molecule has 0 saturated heterocycles. The summed E-state index contributed by atoms with van der Waals surface area (Å²) < 4.78 is 9.58. The van der Waals surface area contributed by atoms with Gasteiger partial charge >= 0.3 is 6.03 Å². The lowest BCUT2D eigenvalue weighted by Crippen LogP contribution is -2.28. The molecular weight excluding hydrogens is 340 g/mol. The molecule has 0 atom stereocenters. The molecule has 0 aliphatic rings. The monoisotopic (exact) mass is 354 g/mol. The van der Waals surface area contributed by atoms with Crippen LogP contribution < -0.4 is 15.8 Å². The summed E-state index contributed by atoms with van der Waals surface area (Å²) in [4.78, 5) is 24.7. The lowest BCUT2D eigenvalue weighted by molar-refractivity contribution is 0.0996. The molecule has 3 N–H and O–H groups in total. The fourth-order valence-corrected chi connectivity index (χ4v) is 2.61. The van der Waals surface area contributed by atoms with E-state index in [9.17, 15) is 9.59 Å². The molecule has 9 heteroatoms. The zero-order valence-corrected chi connectivity index (χ0v) is 14.1. The van der Waals surface area contributed by atoms with Gasteiger partial charge in [-0.25, -0.2) is 4.79 Å². The Labute approximate surface area is 142 Å². The number of hydrogen-bond donors (Lipinski definition) is 2. The predicted molar refractivity (Wildman–Crippen MR) is 89.1 cm³/mol. The highest BCUT2D eigenvalue weighted by Gasteiger charge is 2.22. The number of nitrogens with two attached hydrogens (primary N) is 1. The Morgan fingerprint density at radius 3 is 2.78 bits per heavy atom. The van der Waals surface area contributed by atoms with Gasteiger partial charge in [-0.1, -0.05) is 23.7 Å². The summed E-state index contributed by atoms with van der Waals surface area (Å²) in [6, 6.07) is 6.72. The van der Waals surface area contributed by atoms with Crippen molar-refractivity contribution in [1.82, 2.24) is 9.27 Å². The van der Waals surface area contributed by atoms with Crippen LogP contribution >= 0.6 is 23.1 Å². The fraction of sp³-hybridized carbons (Fsp3) is 0.214. The SMILES string of the molecule is CN(C)C(=O)Nc1snc(OCc2cccc(Cl)c2)c1C(N)=O. The summed E-state index contributed by atoms with van der Waals surface area (Å²) in [7, 11) is 3.16. The van der Waals surface area contributed by atoms with Gasteiger partial charge in [0.15, 0.2) is 0 Å². The van der Waals surface area contributed by atoms with Gasteiger partial charge in [0.1, 0.15) is 17.2 Å². The Morgan fingerprint density at radius 1 is 1.43 bits per heavy atom. The van der Waals surface area contributed by atoms with E-state index in [0.717, 1.165) is 17.1 Å². The summed E-state index contributed by atoms with van der Waals surface area (Å²) in [6.07, 6.45) is 0. The number of ether oxygens (including phenoxy) is 1. The van der Waals surface area contributed by atoms with E-state index in [2.05, 4.69) is 9.69 Å². The number of hydrogen-bond acceptors (Lipinski definition) is 5. The number of halogens is 1. The number of primary amides is 1. The zero-order valence-electron chi connectivity index (χ0n) is 12.5. The van der Waals surface area contributed by atoms with Crippen molar-refractivity contribution in [2.45, 2.75) is 6.61 Å². The average Bonchev–Trinajstić information content (AvgIpc) is 2.88. The van der Waals surface area contributed by atoms with E-state index in [1.54, 1.807) is 32.3 Å². The van der Waals surface area contributed by atoms with Crippen LogP contribution in [-0.4, -0.2) is 35.3 Å². The van der Waals surface area contributed by atoms with Gasteiger partial charge in [-0.2, -0.15) is 4.37 Å². The summed E-state index contributed by atoms with van der Waals surface area (Å²) in [6.45, 7) is 0.172. The number of carbonyl (C=O) groups excluding carboxylic acids is 2. The highest BCUT2D eigenvalue weighted by Crippen LogP contribution is 2.31. The van der Waals surface area contributed by atoms with Crippen LogP contribution in [0.1, 0.15) is 15.9 Å². The van der Waals surface area contributed by atoms with Crippen molar-refractivity contribution in [2.24, 2.45) is 5.73 Å². The number of nitrogens with zero attached hydrogens (tertiary/aromatic N) is 2. The number of amides is 3. The first-order valence-corrected chi connectivity index (χ1v) is 7.68. The number of nitrogens with one attached hydrogen (secondary N) is 1. The minimum Gasteiger partial charge on any atom is -0.472 e. The van der Waals surface area contributed by atoms with Crippen molar-refractivity contribution >= 4 is 40.1 Å². The smallest absolute Gasteiger partial charge is 0.321 e. The molecule has 122 valence electrons. The Kier molecular flexibility index (Phi) is 5.41. The van der Waals surface area contributed by atoms with Gasteiger partial charge in [0, 0.05) is 19.1 Å². The van der Waals surface area contributed by atoms with Crippen LogP contribution in [0.3, 0.4) is 0 Å². The second kappa shape index (κ2) is 7.30. The van der Waals surface area contributed by atoms with Crippen LogP contribution in [0.15, 0.2) is 24.3 Å². The minimum absolute atomic E-state index is 0.0484. The molecule has 7 nitrogen and oxygen atoms in total. The summed E-state index contributed by atoms with van der Waals surface area (Å²) in [5.41, 5.74) is 6.23. The topological polar surface area (TPSA) is 97.6 Å². The molecule has 0 aliphatic carbocycles. The minimum atomic E-state index is -0.728. The summed E-state index contributed by atoms with van der Waals surface area (Å²) in [5.74, 6) is -0.648. The molecule has 2 rings (SSSR count). The van der Waals surface area contributed by atoms with Crippen molar-refractivity contribution in [3.63, 3.8) is 0 Å². The van der Waals surface area contributed by atoms with Crippen molar-refractivity contribution in [1.29, 1.82) is 0 Å². The van der Waals surface area contributed by atoms with Crippen LogP contribution in [0, 0.1) is 0 Å². The Hall–Kier alpha value is -2.32. The lowest BCUT2D eigenvalue weighted by atomic mass is 10.2. The van der Waals surface area contributed by atoms with E-state index >= 15 is 0 Å². The number of urea groups is 1. The van der Waals surface area contributed by atoms with E-state index in [1.807, 2.05) is 6.07 Å². The zero-order chi connectivity index (χ0) is 17.0. The van der Waals surface area contributed by atoms with Crippen molar-refractivity contribution in [2.75, 3.05) is 19.4 Å². The quantitative estimate of drug-likeness (QED) is 0.862. The highest BCUT2D eigenvalue weighted by molar-refractivity contribution is 7.11. The van der Waals surface area contributed by atoms with Crippen molar-refractivity contribution in [3.8, 4) is 5.88 Å². The number of benzene rings is 1. The summed E-state index contributed by atoms with van der Waals surface area (Å²) in [5, 5.41) is 3.39. The maximum absolute atomic E-state index is 11.7. The van der Waals surface area contributed by atoms with Gasteiger partial charge < -0.3 is 15.4 Å². The maximum atomic E-state index is 11.7. The third-order valence-electron chi connectivity index (χ3n) is 2.80. The van der Waals surface area contributed by atoms with Gasteiger partial charge in [0.25, 0.3) is 5.91 Å². The molecule has 2 aromatic rings. The predicted octanol–water partition coefficient (Wildman–Crippen LogP) is 2.57. The van der Waals surface area contributed by atoms with Gasteiger partial charge in [-0.05, 0) is 29.2 Å². The van der Waals surface area contributed by atoms with E-state index in [0.29, 0.717) is 5.02 Å². The molecule has 0 saturated carbocycles. The third-order valence-corrected chi connectivity index (χ3v) is 3.78. The number of rotatable bonds is 5. The van der Waals surface area contributed by atoms with Crippen LogP contribution in [0.4, 0.5) is 9.80 Å². The third kappa shape index (κ3) is 4.33. The maximum Gasteiger partial charge on any atom is 0.321 e. The molecule has 0 bridgehead atoms. The van der Waals surface area contributed by atoms with Gasteiger partial charge in [-0.3, -0.25) is 10.1 Å². The molecule has 0 aliphatic heterocycles. The van der Waals surface area contributed by atoms with Gasteiger partial charge in [0.2, 0.25) is 5.88 Å². The van der Waals surface area contributed by atoms with Crippen molar-refractivity contribution < 1.29 is 14.3 Å². The van der Waals surface area contributed by atoms with Gasteiger partial charge in [-0.15, -0.1) is 0 Å². The Morgan fingerprint density at radius 2 is 2.17 bits per heavy atom. The number of carbonyl (C=O) groups is 2. The Balaban J connectivity index is 2.17. The molecule has 1 aromatic heterocycles. The van der Waals surface area contributed by atoms with Crippen molar-refractivity contribution in [3.05, 3.63) is 40.4 Å². The molecule has 0 radical (unpaired) electrons. The second-order valence-electron chi connectivity index (χ2n) is 4.80. The van der Waals surface area contributed by atoms with Gasteiger partial charge in [0.05, 0.1) is 0 Å². The summed E-state index contributed by atoms with van der Waals surface area (Å²) >= 11 is 6.83. The molecule has 23 heavy (non-hydrogen) atoms. The van der Waals surface area contributed by atoms with E-state index in [4.69, 9.17) is 22.1 Å². The molecule has 1 heterocycles.